The first kappa shape index (κ1) is 11.5. The van der Waals surface area contributed by atoms with Crippen molar-refractivity contribution in [2.45, 2.75) is 30.3 Å². The van der Waals surface area contributed by atoms with E-state index in [1.807, 2.05) is 6.07 Å². The predicted octanol–water partition coefficient (Wildman–Crippen LogP) is 1.36. The summed E-state index contributed by atoms with van der Waals surface area (Å²) in [4.78, 5) is 6.32. The minimum atomic E-state index is -3.55. The van der Waals surface area contributed by atoms with Gasteiger partial charge in [0, 0.05) is 12.0 Å². The van der Waals surface area contributed by atoms with E-state index >= 15 is 0 Å². The number of aryl methyl sites for hydroxylation is 1. The van der Waals surface area contributed by atoms with E-state index in [1.54, 1.807) is 6.26 Å². The number of furan rings is 1. The van der Waals surface area contributed by atoms with Gasteiger partial charge in [-0.05, 0) is 18.9 Å². The Kier molecular flexibility index (Phi) is 2.71. The molecule has 0 aromatic carbocycles. The SMILES string of the molecule is O=S(=O)(NC1CCCc2occc21)c1cnc[nH]1. The first-order valence-electron chi connectivity index (χ1n) is 5.74. The molecule has 1 unspecified atom stereocenters. The number of aromatic amines is 1. The maximum absolute atomic E-state index is 12.1. The molecular formula is C11H13N3O3S. The lowest BCUT2D eigenvalue weighted by Crippen LogP contribution is -2.30. The molecule has 2 heterocycles. The van der Waals surface area contributed by atoms with Gasteiger partial charge in [0.05, 0.1) is 24.8 Å². The molecule has 1 aliphatic carbocycles. The van der Waals surface area contributed by atoms with Crippen LogP contribution >= 0.6 is 0 Å². The Labute approximate surface area is 104 Å². The number of nitrogens with zero attached hydrogens (tertiary/aromatic N) is 1. The molecular weight excluding hydrogens is 254 g/mol. The van der Waals surface area contributed by atoms with Crippen LogP contribution in [0, 0.1) is 0 Å². The smallest absolute Gasteiger partial charge is 0.258 e. The summed E-state index contributed by atoms with van der Waals surface area (Å²) in [7, 11) is -3.55. The molecule has 1 aliphatic rings. The molecule has 0 bridgehead atoms. The van der Waals surface area contributed by atoms with Gasteiger partial charge < -0.3 is 9.40 Å². The van der Waals surface area contributed by atoms with Gasteiger partial charge in [-0.3, -0.25) is 0 Å². The molecule has 3 rings (SSSR count). The summed E-state index contributed by atoms with van der Waals surface area (Å²) < 4.78 is 32.2. The van der Waals surface area contributed by atoms with Crippen LogP contribution in [-0.2, 0) is 16.4 Å². The van der Waals surface area contributed by atoms with Crippen molar-refractivity contribution in [3.63, 3.8) is 0 Å². The molecule has 2 aromatic heterocycles. The Bertz CT molecular complexity index is 630. The number of imidazole rings is 1. The Morgan fingerprint density at radius 3 is 3.17 bits per heavy atom. The molecule has 1 atom stereocenters. The summed E-state index contributed by atoms with van der Waals surface area (Å²) >= 11 is 0. The summed E-state index contributed by atoms with van der Waals surface area (Å²) in [5, 5.41) is 0.0816. The van der Waals surface area contributed by atoms with Crippen molar-refractivity contribution in [1.29, 1.82) is 0 Å². The molecule has 2 aromatic rings. The van der Waals surface area contributed by atoms with E-state index in [-0.39, 0.29) is 11.1 Å². The largest absolute Gasteiger partial charge is 0.469 e. The maximum atomic E-state index is 12.1. The van der Waals surface area contributed by atoms with Gasteiger partial charge in [-0.25, -0.2) is 18.1 Å². The van der Waals surface area contributed by atoms with Gasteiger partial charge in [-0.15, -0.1) is 0 Å². The van der Waals surface area contributed by atoms with Gasteiger partial charge in [0.25, 0.3) is 10.0 Å². The van der Waals surface area contributed by atoms with Gasteiger partial charge in [0.2, 0.25) is 0 Å². The molecule has 0 spiro atoms. The highest BCUT2D eigenvalue weighted by Crippen LogP contribution is 2.31. The summed E-state index contributed by atoms with van der Waals surface area (Å²) in [6.45, 7) is 0. The molecule has 2 N–H and O–H groups in total. The molecule has 0 aliphatic heterocycles. The lowest BCUT2D eigenvalue weighted by Gasteiger charge is -2.22. The minimum absolute atomic E-state index is 0.0816. The Morgan fingerprint density at radius 2 is 2.39 bits per heavy atom. The molecule has 0 amide bonds. The van der Waals surface area contributed by atoms with Crippen molar-refractivity contribution in [2.75, 3.05) is 0 Å². The summed E-state index contributed by atoms with van der Waals surface area (Å²) in [6, 6.07) is 1.61. The predicted molar refractivity (Wildman–Crippen MR) is 63.3 cm³/mol. The van der Waals surface area contributed by atoms with E-state index in [4.69, 9.17) is 4.42 Å². The van der Waals surface area contributed by atoms with Gasteiger partial charge in [-0.2, -0.15) is 0 Å². The van der Waals surface area contributed by atoms with Crippen molar-refractivity contribution in [3.8, 4) is 0 Å². The molecule has 6 nitrogen and oxygen atoms in total. The number of rotatable bonds is 3. The maximum Gasteiger partial charge on any atom is 0.258 e. The molecule has 18 heavy (non-hydrogen) atoms. The third-order valence-corrected chi connectivity index (χ3v) is 4.51. The van der Waals surface area contributed by atoms with Gasteiger partial charge in [-0.1, -0.05) is 0 Å². The molecule has 96 valence electrons. The second-order valence-electron chi connectivity index (χ2n) is 4.28. The highest BCUT2D eigenvalue weighted by molar-refractivity contribution is 7.89. The number of nitrogens with one attached hydrogen (secondary N) is 2. The van der Waals surface area contributed by atoms with Crippen LogP contribution in [0.3, 0.4) is 0 Å². The first-order valence-corrected chi connectivity index (χ1v) is 7.22. The Morgan fingerprint density at radius 1 is 1.50 bits per heavy atom. The number of hydrogen-bond donors (Lipinski definition) is 2. The lowest BCUT2D eigenvalue weighted by atomic mass is 9.94. The first-order chi connectivity index (χ1) is 8.67. The highest BCUT2D eigenvalue weighted by atomic mass is 32.2. The second-order valence-corrected chi connectivity index (χ2v) is 5.96. The minimum Gasteiger partial charge on any atom is -0.469 e. The zero-order chi connectivity index (χ0) is 12.6. The summed E-state index contributed by atoms with van der Waals surface area (Å²) in [6.07, 6.45) is 6.80. The quantitative estimate of drug-likeness (QED) is 0.878. The fraction of sp³-hybridized carbons (Fsp3) is 0.364. The van der Waals surface area contributed by atoms with E-state index in [1.165, 1.54) is 12.5 Å². The van der Waals surface area contributed by atoms with Crippen LogP contribution in [0.25, 0.3) is 0 Å². The molecule has 0 fully saturated rings. The van der Waals surface area contributed by atoms with E-state index in [2.05, 4.69) is 14.7 Å². The summed E-state index contributed by atoms with van der Waals surface area (Å²) in [5.74, 6) is 0.874. The van der Waals surface area contributed by atoms with Crippen LogP contribution in [0.1, 0.15) is 30.2 Å². The van der Waals surface area contributed by atoms with E-state index in [9.17, 15) is 8.42 Å². The van der Waals surface area contributed by atoms with Crippen LogP contribution in [-0.4, -0.2) is 18.4 Å². The number of hydrogen-bond acceptors (Lipinski definition) is 4. The third kappa shape index (κ3) is 1.95. The van der Waals surface area contributed by atoms with Crippen LogP contribution in [0.15, 0.2) is 34.3 Å². The van der Waals surface area contributed by atoms with Crippen molar-refractivity contribution >= 4 is 10.0 Å². The fourth-order valence-corrected chi connectivity index (χ4v) is 3.40. The number of aromatic nitrogens is 2. The van der Waals surface area contributed by atoms with E-state index in [0.717, 1.165) is 30.6 Å². The number of H-pyrrole nitrogens is 1. The van der Waals surface area contributed by atoms with Gasteiger partial charge >= 0.3 is 0 Å². The standard InChI is InChI=1S/C11H13N3O3S/c15-18(16,11-6-12-7-13-11)14-9-2-1-3-10-8(9)4-5-17-10/h4-7,9,14H,1-3H2,(H,12,13). The van der Waals surface area contributed by atoms with Crippen molar-refractivity contribution in [1.82, 2.24) is 14.7 Å². The highest BCUT2D eigenvalue weighted by Gasteiger charge is 2.27. The molecule has 7 heteroatoms. The van der Waals surface area contributed by atoms with Crippen molar-refractivity contribution < 1.29 is 12.8 Å². The average Bonchev–Trinajstić information content (AvgIpc) is 3.00. The van der Waals surface area contributed by atoms with Crippen LogP contribution in [0.4, 0.5) is 0 Å². The van der Waals surface area contributed by atoms with Crippen molar-refractivity contribution in [2.24, 2.45) is 0 Å². The Hall–Kier alpha value is -1.60. The van der Waals surface area contributed by atoms with Gasteiger partial charge in [0.1, 0.15) is 5.76 Å². The second kappa shape index (κ2) is 4.25. The Balaban J connectivity index is 1.87. The normalized spacial score (nSPS) is 19.7. The van der Waals surface area contributed by atoms with E-state index in [0.29, 0.717) is 0 Å². The van der Waals surface area contributed by atoms with Gasteiger partial charge in [0.15, 0.2) is 5.03 Å². The van der Waals surface area contributed by atoms with Crippen LogP contribution in [0.2, 0.25) is 0 Å². The van der Waals surface area contributed by atoms with Crippen LogP contribution in [0.5, 0.6) is 0 Å². The summed E-state index contributed by atoms with van der Waals surface area (Å²) in [5.41, 5.74) is 0.935. The fourth-order valence-electron chi connectivity index (χ4n) is 2.25. The van der Waals surface area contributed by atoms with Crippen LogP contribution < -0.4 is 4.72 Å². The zero-order valence-corrected chi connectivity index (χ0v) is 10.4. The molecule has 0 radical (unpaired) electrons. The third-order valence-electron chi connectivity index (χ3n) is 3.11. The molecule has 0 saturated carbocycles. The topological polar surface area (TPSA) is 88.0 Å². The average molecular weight is 267 g/mol. The van der Waals surface area contributed by atoms with E-state index < -0.39 is 10.0 Å². The zero-order valence-electron chi connectivity index (χ0n) is 9.59. The van der Waals surface area contributed by atoms with Crippen molar-refractivity contribution in [3.05, 3.63) is 36.2 Å². The monoisotopic (exact) mass is 267 g/mol. The number of fused-ring (bicyclic) bond motifs is 1. The lowest BCUT2D eigenvalue weighted by molar-refractivity contribution is 0.438. The molecule has 0 saturated heterocycles. The number of sulfonamides is 1.